The fourth-order valence-corrected chi connectivity index (χ4v) is 3.67. The van der Waals surface area contributed by atoms with Crippen molar-refractivity contribution in [1.82, 2.24) is 15.2 Å². The summed E-state index contributed by atoms with van der Waals surface area (Å²) in [7, 11) is 1.23. The lowest BCUT2D eigenvalue weighted by Gasteiger charge is -2.30. The molecule has 2 heterocycles. The minimum atomic E-state index is -1.02. The number of esters is 1. The maximum atomic E-state index is 14.5. The zero-order valence-corrected chi connectivity index (χ0v) is 18.5. The molecule has 3 rings (SSSR count). The summed E-state index contributed by atoms with van der Waals surface area (Å²) in [6.07, 6.45) is 0.867. The minimum absolute atomic E-state index is 0.0114. The van der Waals surface area contributed by atoms with Crippen molar-refractivity contribution in [2.45, 2.75) is 19.9 Å². The Morgan fingerprint density at radius 1 is 1.19 bits per heavy atom. The van der Waals surface area contributed by atoms with Crippen molar-refractivity contribution in [1.29, 1.82) is 0 Å². The molecular formula is C22H22ClF3N4O2. The van der Waals surface area contributed by atoms with Gasteiger partial charge in [0.2, 0.25) is 0 Å². The zero-order valence-electron chi connectivity index (χ0n) is 17.8. The van der Waals surface area contributed by atoms with E-state index in [0.717, 1.165) is 12.3 Å². The Kier molecular flexibility index (Phi) is 7.52. The molecule has 0 amide bonds. The fraction of sp³-hybridized carbons (Fsp3) is 0.318. The second-order valence-corrected chi connectivity index (χ2v) is 7.41. The third kappa shape index (κ3) is 4.94. The quantitative estimate of drug-likeness (QED) is 0.624. The Morgan fingerprint density at radius 3 is 2.50 bits per heavy atom. The van der Waals surface area contributed by atoms with Gasteiger partial charge in [0, 0.05) is 28.9 Å². The molecule has 1 aliphatic heterocycles. The highest BCUT2D eigenvalue weighted by atomic mass is 35.5. The van der Waals surface area contributed by atoms with E-state index >= 15 is 0 Å². The first-order valence-corrected chi connectivity index (χ1v) is 10.3. The Hall–Kier alpha value is -2.91. The number of ether oxygens (including phenoxy) is 1. The van der Waals surface area contributed by atoms with E-state index in [9.17, 15) is 18.0 Å². The number of nitrogens with zero attached hydrogens (tertiary/aromatic N) is 3. The predicted molar refractivity (Wildman–Crippen MR) is 115 cm³/mol. The molecule has 0 aliphatic carbocycles. The van der Waals surface area contributed by atoms with Crippen LogP contribution in [0.4, 0.5) is 13.2 Å². The number of methoxy groups -OCH3 is 1. The maximum Gasteiger partial charge on any atom is 0.338 e. The van der Waals surface area contributed by atoms with Gasteiger partial charge >= 0.3 is 5.97 Å². The smallest absolute Gasteiger partial charge is 0.338 e. The predicted octanol–water partition coefficient (Wildman–Crippen LogP) is 4.01. The van der Waals surface area contributed by atoms with Crippen LogP contribution in [0.1, 0.15) is 31.1 Å². The summed E-state index contributed by atoms with van der Waals surface area (Å²) in [5.74, 6) is -3.00. The van der Waals surface area contributed by atoms with Crippen LogP contribution in [0.5, 0.6) is 0 Å². The largest absolute Gasteiger partial charge is 0.466 e. The van der Waals surface area contributed by atoms with Crippen LogP contribution in [0.3, 0.4) is 0 Å². The van der Waals surface area contributed by atoms with Crippen molar-refractivity contribution in [3.05, 3.63) is 75.5 Å². The molecule has 0 saturated heterocycles. The molecule has 10 heteroatoms. The highest BCUT2D eigenvalue weighted by molar-refractivity contribution is 6.31. The van der Waals surface area contributed by atoms with Gasteiger partial charge in [-0.25, -0.2) is 22.9 Å². The van der Waals surface area contributed by atoms with Crippen LogP contribution in [0.15, 0.2) is 46.7 Å². The molecule has 0 bridgehead atoms. The third-order valence-electron chi connectivity index (χ3n) is 5.10. The van der Waals surface area contributed by atoms with Crippen molar-refractivity contribution in [2.24, 2.45) is 4.99 Å². The topological polar surface area (TPSA) is 66.8 Å². The Bertz CT molecular complexity index is 1090. The van der Waals surface area contributed by atoms with Crippen molar-refractivity contribution in [3.8, 4) is 0 Å². The molecule has 2 aromatic rings. The Labute approximate surface area is 188 Å². The van der Waals surface area contributed by atoms with Gasteiger partial charge in [0.25, 0.3) is 0 Å². The van der Waals surface area contributed by atoms with Gasteiger partial charge in [0.1, 0.15) is 23.4 Å². The van der Waals surface area contributed by atoms with E-state index in [4.69, 9.17) is 16.3 Å². The second-order valence-electron chi connectivity index (χ2n) is 7.00. The molecule has 0 spiro atoms. The van der Waals surface area contributed by atoms with Crippen LogP contribution >= 0.6 is 11.6 Å². The van der Waals surface area contributed by atoms with Gasteiger partial charge in [0.05, 0.1) is 18.9 Å². The van der Waals surface area contributed by atoms with E-state index in [-0.39, 0.29) is 28.7 Å². The van der Waals surface area contributed by atoms with Gasteiger partial charge in [-0.3, -0.25) is 9.89 Å². The number of carbonyl (C=O) groups is 1. The Morgan fingerprint density at radius 2 is 1.91 bits per heavy atom. The Balaban J connectivity index is 2.22. The molecule has 1 atom stereocenters. The van der Waals surface area contributed by atoms with Gasteiger partial charge in [-0.05, 0) is 25.2 Å². The molecule has 6 nitrogen and oxygen atoms in total. The van der Waals surface area contributed by atoms with E-state index in [1.807, 2.05) is 18.7 Å². The molecule has 0 fully saturated rings. The highest BCUT2D eigenvalue weighted by Crippen LogP contribution is 2.36. The molecule has 170 valence electrons. The van der Waals surface area contributed by atoms with Crippen LogP contribution in [0.25, 0.3) is 0 Å². The van der Waals surface area contributed by atoms with Gasteiger partial charge in [-0.2, -0.15) is 0 Å². The average molecular weight is 467 g/mol. The van der Waals surface area contributed by atoms with Crippen molar-refractivity contribution >= 4 is 23.4 Å². The summed E-state index contributed by atoms with van der Waals surface area (Å²) >= 11 is 6.28. The number of rotatable bonds is 7. The van der Waals surface area contributed by atoms with E-state index < -0.39 is 29.5 Å². The standard InChI is InChI=1S/C22H22ClF3N4O2/c1-4-30(5-2)11-17-18(22(31)32-3)19(14-7-6-12(24)8-15(14)23)29-21(28-17)20-16(26)9-13(25)10-27-20/h6-10,19H,4-5,11H2,1-3H3,(H,28,29). The molecule has 0 radical (unpaired) electrons. The minimum Gasteiger partial charge on any atom is -0.466 e. The third-order valence-corrected chi connectivity index (χ3v) is 5.42. The second kappa shape index (κ2) is 10.1. The molecule has 1 aromatic carbocycles. The van der Waals surface area contributed by atoms with E-state index in [1.54, 1.807) is 0 Å². The number of aromatic nitrogens is 1. The number of halogens is 4. The number of pyridine rings is 1. The average Bonchev–Trinajstić information content (AvgIpc) is 2.76. The molecule has 0 saturated carbocycles. The SMILES string of the molecule is CCN(CC)CC1=C(C(=O)OC)C(c2ccc(F)cc2Cl)N=C(c2ncc(F)cc2F)N1. The molecule has 1 aromatic heterocycles. The lowest BCUT2D eigenvalue weighted by atomic mass is 9.95. The lowest BCUT2D eigenvalue weighted by Crippen LogP contribution is -2.40. The number of hydrogen-bond donors (Lipinski definition) is 1. The van der Waals surface area contributed by atoms with Crippen LogP contribution in [-0.2, 0) is 9.53 Å². The highest BCUT2D eigenvalue weighted by Gasteiger charge is 2.34. The number of benzene rings is 1. The van der Waals surface area contributed by atoms with Crippen LogP contribution in [-0.4, -0.2) is 48.4 Å². The molecule has 1 N–H and O–H groups in total. The summed E-state index contributed by atoms with van der Waals surface area (Å²) in [4.78, 5) is 23.1. The molecular weight excluding hydrogens is 445 g/mol. The van der Waals surface area contributed by atoms with Gasteiger partial charge in [0.15, 0.2) is 11.7 Å². The van der Waals surface area contributed by atoms with E-state index in [1.165, 1.54) is 19.2 Å². The first-order chi connectivity index (χ1) is 15.3. The van der Waals surface area contributed by atoms with Crippen molar-refractivity contribution < 1.29 is 22.7 Å². The summed E-state index contributed by atoms with van der Waals surface area (Å²) < 4.78 is 46.6. The monoisotopic (exact) mass is 466 g/mol. The maximum absolute atomic E-state index is 14.5. The first-order valence-electron chi connectivity index (χ1n) is 9.93. The van der Waals surface area contributed by atoms with Crippen LogP contribution in [0, 0.1) is 17.5 Å². The number of nitrogens with one attached hydrogen (secondary N) is 1. The van der Waals surface area contributed by atoms with Gasteiger partial charge in [-0.1, -0.05) is 31.5 Å². The summed E-state index contributed by atoms with van der Waals surface area (Å²) in [6.45, 7) is 5.54. The number of carbonyl (C=O) groups excluding carboxylic acids is 1. The first kappa shape index (κ1) is 23.7. The van der Waals surface area contributed by atoms with Crippen LogP contribution in [0.2, 0.25) is 5.02 Å². The van der Waals surface area contributed by atoms with Crippen molar-refractivity contribution in [3.63, 3.8) is 0 Å². The molecule has 32 heavy (non-hydrogen) atoms. The normalized spacial score (nSPS) is 16.1. The summed E-state index contributed by atoms with van der Waals surface area (Å²) in [5, 5.41) is 3.01. The van der Waals surface area contributed by atoms with Gasteiger partial charge in [-0.15, -0.1) is 0 Å². The molecule has 1 unspecified atom stereocenters. The fourth-order valence-electron chi connectivity index (χ4n) is 3.40. The van der Waals surface area contributed by atoms with Gasteiger partial charge < -0.3 is 10.1 Å². The van der Waals surface area contributed by atoms with Crippen molar-refractivity contribution in [2.75, 3.05) is 26.7 Å². The number of amidine groups is 1. The zero-order chi connectivity index (χ0) is 23.4. The van der Waals surface area contributed by atoms with Crippen LogP contribution < -0.4 is 5.32 Å². The number of hydrogen-bond acceptors (Lipinski definition) is 6. The number of aliphatic imine (C=N–C) groups is 1. The van der Waals surface area contributed by atoms with E-state index in [2.05, 4.69) is 15.3 Å². The summed E-state index contributed by atoms with van der Waals surface area (Å²) in [5.41, 5.74) is 0.656. The molecule has 1 aliphatic rings. The number of likely N-dealkylation sites (N-methyl/N-ethyl adjacent to an activating group) is 1. The van der Waals surface area contributed by atoms with E-state index in [0.29, 0.717) is 30.4 Å². The lowest BCUT2D eigenvalue weighted by molar-refractivity contribution is -0.136. The summed E-state index contributed by atoms with van der Waals surface area (Å²) in [6, 6.07) is 3.36.